The molecule has 0 aliphatic rings. The molecule has 1 N–H and O–H groups in total. The van der Waals surface area contributed by atoms with Gasteiger partial charge in [0.25, 0.3) is 0 Å². The third kappa shape index (κ3) is 3.99. The van der Waals surface area contributed by atoms with Crippen LogP contribution in [-0.2, 0) is 11.8 Å². The number of carbonyl (C=O) groups is 1. The molecule has 1 unspecified atom stereocenters. The fourth-order valence-corrected chi connectivity index (χ4v) is 1.90. The number of rotatable bonds is 6. The zero-order valence-electron chi connectivity index (χ0n) is 11.5. The minimum Gasteiger partial charge on any atom is -0.341 e. The van der Waals surface area contributed by atoms with Crippen molar-refractivity contribution in [1.82, 2.24) is 20.0 Å². The average Bonchev–Trinajstić information content (AvgIpc) is 2.73. The standard InChI is InChI=1S/C12H22N4O.ClH/c1-5-7-16(6-2)12(17)11(13-3)10-8-14-15(4)9-10;/h8-9,11,13H,5-7H2,1-4H3;1H. The van der Waals surface area contributed by atoms with E-state index in [1.165, 1.54) is 0 Å². The number of hydrogen-bond acceptors (Lipinski definition) is 3. The van der Waals surface area contributed by atoms with E-state index in [0.29, 0.717) is 0 Å². The van der Waals surface area contributed by atoms with E-state index in [2.05, 4.69) is 17.3 Å². The van der Waals surface area contributed by atoms with Gasteiger partial charge in [0, 0.05) is 31.9 Å². The highest BCUT2D eigenvalue weighted by Crippen LogP contribution is 2.14. The molecule has 1 atom stereocenters. The molecule has 0 fully saturated rings. The van der Waals surface area contributed by atoms with E-state index in [9.17, 15) is 4.79 Å². The number of nitrogens with zero attached hydrogens (tertiary/aromatic N) is 3. The van der Waals surface area contributed by atoms with Crippen LogP contribution in [0.15, 0.2) is 12.4 Å². The Kier molecular flexibility index (Phi) is 7.62. The van der Waals surface area contributed by atoms with Gasteiger partial charge in [0.2, 0.25) is 5.91 Å². The van der Waals surface area contributed by atoms with Crippen molar-refractivity contribution in [3.05, 3.63) is 18.0 Å². The maximum Gasteiger partial charge on any atom is 0.244 e. The second-order valence-corrected chi connectivity index (χ2v) is 4.09. The number of nitrogens with one attached hydrogen (secondary N) is 1. The van der Waals surface area contributed by atoms with Gasteiger partial charge in [-0.3, -0.25) is 9.48 Å². The Labute approximate surface area is 115 Å². The van der Waals surface area contributed by atoms with Crippen molar-refractivity contribution in [2.75, 3.05) is 20.1 Å². The van der Waals surface area contributed by atoms with Crippen molar-refractivity contribution in [3.63, 3.8) is 0 Å². The number of amides is 1. The summed E-state index contributed by atoms with van der Waals surface area (Å²) in [6, 6.07) is -0.296. The Morgan fingerprint density at radius 2 is 2.22 bits per heavy atom. The van der Waals surface area contributed by atoms with Crippen LogP contribution in [0.1, 0.15) is 31.9 Å². The molecule has 0 bridgehead atoms. The Bertz CT molecular complexity index is 367. The van der Waals surface area contributed by atoms with Crippen molar-refractivity contribution in [1.29, 1.82) is 0 Å². The molecule has 0 saturated heterocycles. The Morgan fingerprint density at radius 3 is 2.61 bits per heavy atom. The molecule has 0 saturated carbocycles. The zero-order chi connectivity index (χ0) is 12.8. The minimum absolute atomic E-state index is 0. The zero-order valence-corrected chi connectivity index (χ0v) is 12.3. The number of likely N-dealkylation sites (N-methyl/N-ethyl adjacent to an activating group) is 2. The molecule has 6 heteroatoms. The van der Waals surface area contributed by atoms with Crippen LogP contribution >= 0.6 is 12.4 Å². The van der Waals surface area contributed by atoms with Crippen LogP contribution in [0.25, 0.3) is 0 Å². The van der Waals surface area contributed by atoms with E-state index in [1.54, 1.807) is 17.9 Å². The number of carbonyl (C=O) groups excluding carboxylic acids is 1. The Morgan fingerprint density at radius 1 is 1.56 bits per heavy atom. The maximum absolute atomic E-state index is 12.3. The first-order valence-corrected chi connectivity index (χ1v) is 6.08. The summed E-state index contributed by atoms with van der Waals surface area (Å²) in [5, 5.41) is 7.17. The molecule has 1 aromatic heterocycles. The molecule has 104 valence electrons. The lowest BCUT2D eigenvalue weighted by Crippen LogP contribution is -2.40. The fraction of sp³-hybridized carbons (Fsp3) is 0.667. The first-order valence-electron chi connectivity index (χ1n) is 6.08. The van der Waals surface area contributed by atoms with E-state index in [0.717, 1.165) is 25.1 Å². The number of halogens is 1. The summed E-state index contributed by atoms with van der Waals surface area (Å²) >= 11 is 0. The normalized spacial score (nSPS) is 11.8. The van der Waals surface area contributed by atoms with E-state index < -0.39 is 0 Å². The van der Waals surface area contributed by atoms with Crippen molar-refractivity contribution in [2.24, 2.45) is 7.05 Å². The van der Waals surface area contributed by atoms with Gasteiger partial charge in [-0.2, -0.15) is 5.10 Å². The quantitative estimate of drug-likeness (QED) is 0.852. The van der Waals surface area contributed by atoms with E-state index in [-0.39, 0.29) is 24.4 Å². The smallest absolute Gasteiger partial charge is 0.244 e. The third-order valence-electron chi connectivity index (χ3n) is 2.78. The van der Waals surface area contributed by atoms with Gasteiger partial charge in [0.05, 0.1) is 6.20 Å². The second kappa shape index (κ2) is 8.11. The monoisotopic (exact) mass is 274 g/mol. The van der Waals surface area contributed by atoms with Gasteiger partial charge in [-0.05, 0) is 20.4 Å². The molecule has 0 aliphatic carbocycles. The molecule has 1 heterocycles. The SMILES string of the molecule is CCCN(CC)C(=O)C(NC)c1cnn(C)c1.Cl. The van der Waals surface area contributed by atoms with Gasteiger partial charge in [-0.25, -0.2) is 0 Å². The second-order valence-electron chi connectivity index (χ2n) is 4.09. The maximum atomic E-state index is 12.3. The van der Waals surface area contributed by atoms with Crippen molar-refractivity contribution < 1.29 is 4.79 Å². The van der Waals surface area contributed by atoms with E-state index in [1.807, 2.05) is 25.1 Å². The predicted octanol–water partition coefficient (Wildman–Crippen LogP) is 1.36. The molecule has 0 radical (unpaired) electrons. The van der Waals surface area contributed by atoms with Crippen LogP contribution in [0.4, 0.5) is 0 Å². The van der Waals surface area contributed by atoms with Gasteiger partial charge < -0.3 is 10.2 Å². The molecular weight excluding hydrogens is 252 g/mol. The van der Waals surface area contributed by atoms with E-state index >= 15 is 0 Å². The van der Waals surface area contributed by atoms with Crippen LogP contribution in [0, 0.1) is 0 Å². The van der Waals surface area contributed by atoms with Crippen LogP contribution in [-0.4, -0.2) is 40.7 Å². The minimum atomic E-state index is -0.296. The topological polar surface area (TPSA) is 50.2 Å². The van der Waals surface area contributed by atoms with Crippen LogP contribution < -0.4 is 5.32 Å². The van der Waals surface area contributed by atoms with Crippen molar-refractivity contribution in [2.45, 2.75) is 26.3 Å². The molecule has 18 heavy (non-hydrogen) atoms. The van der Waals surface area contributed by atoms with Crippen molar-refractivity contribution >= 4 is 18.3 Å². The largest absolute Gasteiger partial charge is 0.341 e. The molecule has 0 spiro atoms. The molecular formula is C12H23ClN4O. The lowest BCUT2D eigenvalue weighted by molar-refractivity contribution is -0.133. The summed E-state index contributed by atoms with van der Waals surface area (Å²) in [5.41, 5.74) is 0.912. The van der Waals surface area contributed by atoms with Gasteiger partial charge >= 0.3 is 0 Å². The Hall–Kier alpha value is -1.07. The number of aryl methyl sites for hydroxylation is 1. The fourth-order valence-electron chi connectivity index (χ4n) is 1.90. The average molecular weight is 275 g/mol. The number of aromatic nitrogens is 2. The summed E-state index contributed by atoms with van der Waals surface area (Å²) in [5.74, 6) is 0.116. The first-order chi connectivity index (χ1) is 8.13. The summed E-state index contributed by atoms with van der Waals surface area (Å²) < 4.78 is 1.71. The highest BCUT2D eigenvalue weighted by molar-refractivity contribution is 5.85. The first kappa shape index (κ1) is 16.9. The van der Waals surface area contributed by atoms with Crippen molar-refractivity contribution in [3.8, 4) is 0 Å². The predicted molar refractivity (Wildman–Crippen MR) is 74.8 cm³/mol. The van der Waals surface area contributed by atoms with Crippen LogP contribution in [0.3, 0.4) is 0 Å². The molecule has 0 aliphatic heterocycles. The van der Waals surface area contributed by atoms with Crippen LogP contribution in [0.5, 0.6) is 0 Å². The van der Waals surface area contributed by atoms with Gasteiger partial charge in [0.1, 0.15) is 6.04 Å². The summed E-state index contributed by atoms with van der Waals surface area (Å²) in [6.45, 7) is 5.62. The molecule has 1 aromatic rings. The lowest BCUT2D eigenvalue weighted by Gasteiger charge is -2.25. The third-order valence-corrected chi connectivity index (χ3v) is 2.78. The summed E-state index contributed by atoms with van der Waals surface area (Å²) in [4.78, 5) is 14.2. The summed E-state index contributed by atoms with van der Waals surface area (Å²) in [7, 11) is 3.65. The van der Waals surface area contributed by atoms with E-state index in [4.69, 9.17) is 0 Å². The van der Waals surface area contributed by atoms with Gasteiger partial charge in [-0.1, -0.05) is 6.92 Å². The molecule has 1 amide bonds. The number of hydrogen-bond donors (Lipinski definition) is 1. The highest BCUT2D eigenvalue weighted by atomic mass is 35.5. The van der Waals surface area contributed by atoms with Gasteiger partial charge in [0.15, 0.2) is 0 Å². The molecule has 1 rings (SSSR count). The Balaban J connectivity index is 0.00000289. The van der Waals surface area contributed by atoms with Crippen LogP contribution in [0.2, 0.25) is 0 Å². The lowest BCUT2D eigenvalue weighted by atomic mass is 10.1. The molecule has 0 aromatic carbocycles. The molecule has 5 nitrogen and oxygen atoms in total. The summed E-state index contributed by atoms with van der Waals surface area (Å²) in [6.07, 6.45) is 4.58. The highest BCUT2D eigenvalue weighted by Gasteiger charge is 2.24. The van der Waals surface area contributed by atoms with Gasteiger partial charge in [-0.15, -0.1) is 12.4 Å².